The number of nitrogens with one attached hydrogen (secondary N) is 2. The first-order valence-corrected chi connectivity index (χ1v) is 9.34. The minimum Gasteiger partial charge on any atom is -0.357 e. The monoisotopic (exact) mass is 484 g/mol. The molecule has 0 amide bonds. The van der Waals surface area contributed by atoms with E-state index >= 15 is 0 Å². The predicted octanol–water partition coefficient (Wildman–Crippen LogP) is 2.85. The van der Waals surface area contributed by atoms with Crippen LogP contribution in [-0.2, 0) is 19.6 Å². The van der Waals surface area contributed by atoms with Crippen molar-refractivity contribution in [1.82, 2.24) is 25.7 Å². The van der Waals surface area contributed by atoms with Crippen LogP contribution < -0.4 is 10.6 Å². The lowest BCUT2D eigenvalue weighted by molar-refractivity contribution is 0.331. The molecule has 27 heavy (non-hydrogen) atoms. The molecule has 0 saturated carbocycles. The molecule has 3 rings (SSSR count). The van der Waals surface area contributed by atoms with Crippen molar-refractivity contribution in [2.45, 2.75) is 46.3 Å². The maximum absolute atomic E-state index is 5.11. The minimum absolute atomic E-state index is 0. The average molecular weight is 484 g/mol. The highest BCUT2D eigenvalue weighted by atomic mass is 127. The maximum Gasteiger partial charge on any atom is 0.246 e. The third-order valence-electron chi connectivity index (χ3n) is 4.37. The Morgan fingerprint density at radius 3 is 2.48 bits per heavy atom. The fourth-order valence-electron chi connectivity index (χ4n) is 3.03. The number of likely N-dealkylation sites (tertiary alicyclic amines) is 1. The molecular weight excluding hydrogens is 455 g/mol. The van der Waals surface area contributed by atoms with E-state index in [0.29, 0.717) is 24.8 Å². The third-order valence-corrected chi connectivity index (χ3v) is 4.37. The van der Waals surface area contributed by atoms with Gasteiger partial charge in [0.05, 0.1) is 13.1 Å². The van der Waals surface area contributed by atoms with Crippen LogP contribution in [0.2, 0.25) is 0 Å². The van der Waals surface area contributed by atoms with Gasteiger partial charge in [-0.3, -0.25) is 4.90 Å². The zero-order valence-corrected chi connectivity index (χ0v) is 18.4. The maximum atomic E-state index is 5.11. The van der Waals surface area contributed by atoms with Crippen molar-refractivity contribution in [2.24, 2.45) is 4.99 Å². The van der Waals surface area contributed by atoms with Gasteiger partial charge in [-0.05, 0) is 50.9 Å². The number of aliphatic imine (C=N–C) groups is 1. The van der Waals surface area contributed by atoms with E-state index in [2.05, 4.69) is 54.9 Å². The molecule has 0 unspecified atom stereocenters. The third kappa shape index (κ3) is 7.10. The van der Waals surface area contributed by atoms with Crippen molar-refractivity contribution in [2.75, 3.05) is 19.6 Å². The fraction of sp³-hybridized carbons (Fsp3) is 0.526. The summed E-state index contributed by atoms with van der Waals surface area (Å²) >= 11 is 0. The second-order valence-electron chi connectivity index (χ2n) is 6.58. The van der Waals surface area contributed by atoms with E-state index in [4.69, 9.17) is 4.52 Å². The molecule has 1 saturated heterocycles. The molecule has 8 heteroatoms. The van der Waals surface area contributed by atoms with E-state index in [0.717, 1.165) is 19.0 Å². The Balaban J connectivity index is 0.00000261. The Labute approximate surface area is 178 Å². The predicted molar refractivity (Wildman–Crippen MR) is 117 cm³/mol. The van der Waals surface area contributed by atoms with Gasteiger partial charge in [-0.2, -0.15) is 4.98 Å². The van der Waals surface area contributed by atoms with E-state index < -0.39 is 0 Å². The largest absolute Gasteiger partial charge is 0.357 e. The Morgan fingerprint density at radius 2 is 1.85 bits per heavy atom. The van der Waals surface area contributed by atoms with E-state index in [1.165, 1.54) is 37.1 Å². The average Bonchev–Trinajstić information content (AvgIpc) is 3.30. The van der Waals surface area contributed by atoms with Crippen molar-refractivity contribution in [3.8, 4) is 0 Å². The minimum atomic E-state index is 0. The summed E-state index contributed by atoms with van der Waals surface area (Å²) < 4.78 is 5.11. The standard InChI is InChI=1S/C19H28N6O.HI/c1-3-20-19(22-13-18-23-15(2)24-26-18)21-12-16-6-8-17(9-7-16)14-25-10-4-5-11-25;/h6-9H,3-5,10-14H2,1-2H3,(H2,20,21,22);1H. The molecule has 2 aromatic rings. The summed E-state index contributed by atoms with van der Waals surface area (Å²) in [5.41, 5.74) is 2.57. The van der Waals surface area contributed by atoms with E-state index in [1.807, 2.05) is 6.92 Å². The SMILES string of the molecule is CCNC(=NCc1ccc(CN2CCCC2)cc1)NCc1nc(C)no1.I. The summed E-state index contributed by atoms with van der Waals surface area (Å²) in [5.74, 6) is 1.93. The first-order valence-electron chi connectivity index (χ1n) is 9.34. The van der Waals surface area contributed by atoms with Crippen LogP contribution >= 0.6 is 24.0 Å². The molecular formula is C19H29IN6O. The lowest BCUT2D eigenvalue weighted by Gasteiger charge is -2.14. The number of rotatable bonds is 7. The van der Waals surface area contributed by atoms with Crippen LogP contribution in [-0.4, -0.2) is 40.6 Å². The fourth-order valence-corrected chi connectivity index (χ4v) is 3.03. The van der Waals surface area contributed by atoms with Crippen molar-refractivity contribution in [1.29, 1.82) is 0 Å². The van der Waals surface area contributed by atoms with E-state index in [1.54, 1.807) is 6.92 Å². The summed E-state index contributed by atoms with van der Waals surface area (Å²) in [5, 5.41) is 10.2. The molecule has 0 atom stereocenters. The molecule has 148 valence electrons. The molecule has 1 aliphatic rings. The zero-order chi connectivity index (χ0) is 18.2. The number of guanidine groups is 1. The molecule has 1 fully saturated rings. The Morgan fingerprint density at radius 1 is 1.15 bits per heavy atom. The molecule has 0 bridgehead atoms. The van der Waals surface area contributed by atoms with Crippen LogP contribution in [0.25, 0.3) is 0 Å². The van der Waals surface area contributed by atoms with Crippen LogP contribution in [0.15, 0.2) is 33.8 Å². The summed E-state index contributed by atoms with van der Waals surface area (Å²) in [6.45, 7) is 9.23. The van der Waals surface area contributed by atoms with Crippen LogP contribution in [0.3, 0.4) is 0 Å². The highest BCUT2D eigenvalue weighted by Gasteiger charge is 2.11. The second kappa shape index (κ2) is 11.2. The van der Waals surface area contributed by atoms with Crippen LogP contribution in [0.5, 0.6) is 0 Å². The number of halogens is 1. The van der Waals surface area contributed by atoms with Crippen molar-refractivity contribution in [3.05, 3.63) is 47.1 Å². The van der Waals surface area contributed by atoms with Gasteiger partial charge in [0, 0.05) is 13.1 Å². The van der Waals surface area contributed by atoms with Gasteiger partial charge in [-0.25, -0.2) is 4.99 Å². The highest BCUT2D eigenvalue weighted by Crippen LogP contribution is 2.13. The first kappa shape index (κ1) is 21.6. The zero-order valence-electron chi connectivity index (χ0n) is 16.1. The van der Waals surface area contributed by atoms with Crippen molar-refractivity contribution < 1.29 is 4.52 Å². The molecule has 7 nitrogen and oxygen atoms in total. The molecule has 0 radical (unpaired) electrons. The van der Waals surface area contributed by atoms with Gasteiger partial charge in [0.25, 0.3) is 0 Å². The number of hydrogen-bond acceptors (Lipinski definition) is 5. The van der Waals surface area contributed by atoms with Gasteiger partial charge in [0.15, 0.2) is 11.8 Å². The molecule has 1 aromatic carbocycles. The Hall–Kier alpha value is -1.68. The molecule has 1 aliphatic heterocycles. The van der Waals surface area contributed by atoms with Crippen molar-refractivity contribution >= 4 is 29.9 Å². The van der Waals surface area contributed by atoms with Gasteiger partial charge in [0.2, 0.25) is 5.89 Å². The topological polar surface area (TPSA) is 78.6 Å². The number of hydrogen-bond donors (Lipinski definition) is 2. The van der Waals surface area contributed by atoms with Gasteiger partial charge in [-0.1, -0.05) is 29.4 Å². The van der Waals surface area contributed by atoms with E-state index in [-0.39, 0.29) is 24.0 Å². The second-order valence-corrected chi connectivity index (χ2v) is 6.58. The van der Waals surface area contributed by atoms with Crippen LogP contribution in [0, 0.1) is 6.92 Å². The number of aryl methyl sites for hydroxylation is 1. The van der Waals surface area contributed by atoms with Crippen LogP contribution in [0.4, 0.5) is 0 Å². The van der Waals surface area contributed by atoms with Gasteiger partial charge in [0.1, 0.15) is 0 Å². The normalized spacial score (nSPS) is 14.8. The molecule has 2 heterocycles. The molecule has 1 aromatic heterocycles. The van der Waals surface area contributed by atoms with Crippen LogP contribution in [0.1, 0.15) is 42.6 Å². The summed E-state index contributed by atoms with van der Waals surface area (Å²) in [6, 6.07) is 8.76. The molecule has 0 spiro atoms. The van der Waals surface area contributed by atoms with Gasteiger partial charge < -0.3 is 15.2 Å². The summed E-state index contributed by atoms with van der Waals surface area (Å²) in [6.07, 6.45) is 2.66. The highest BCUT2D eigenvalue weighted by molar-refractivity contribution is 14.0. The number of aromatic nitrogens is 2. The first-order chi connectivity index (χ1) is 12.7. The van der Waals surface area contributed by atoms with Gasteiger partial charge in [-0.15, -0.1) is 24.0 Å². The quantitative estimate of drug-likeness (QED) is 0.358. The lowest BCUT2D eigenvalue weighted by Crippen LogP contribution is -2.36. The lowest BCUT2D eigenvalue weighted by atomic mass is 10.1. The number of benzene rings is 1. The van der Waals surface area contributed by atoms with E-state index in [9.17, 15) is 0 Å². The summed E-state index contributed by atoms with van der Waals surface area (Å²) in [7, 11) is 0. The van der Waals surface area contributed by atoms with Crippen molar-refractivity contribution in [3.63, 3.8) is 0 Å². The molecule has 0 aliphatic carbocycles. The Kier molecular flexibility index (Phi) is 8.99. The Bertz CT molecular complexity index is 709. The number of nitrogens with zero attached hydrogens (tertiary/aromatic N) is 4. The van der Waals surface area contributed by atoms with Gasteiger partial charge >= 0.3 is 0 Å². The summed E-state index contributed by atoms with van der Waals surface area (Å²) in [4.78, 5) is 11.3. The molecule has 2 N–H and O–H groups in total. The smallest absolute Gasteiger partial charge is 0.246 e.